The fourth-order valence-electron chi connectivity index (χ4n) is 2.71. The van der Waals surface area contributed by atoms with Gasteiger partial charge in [-0.1, -0.05) is 6.07 Å². The number of rotatable bonds is 4. The molecule has 0 radical (unpaired) electrons. The molecule has 1 aromatic rings. The monoisotopic (exact) mass is 275 g/mol. The van der Waals surface area contributed by atoms with Gasteiger partial charge in [0, 0.05) is 37.1 Å². The van der Waals surface area contributed by atoms with Gasteiger partial charge in [0.25, 0.3) is 0 Å². The summed E-state index contributed by atoms with van der Waals surface area (Å²) in [6.45, 7) is 1.92. The van der Waals surface area contributed by atoms with Gasteiger partial charge in [-0.2, -0.15) is 0 Å². The lowest BCUT2D eigenvalue weighted by atomic mass is 9.85. The number of piperidine rings is 1. The van der Waals surface area contributed by atoms with Crippen molar-refractivity contribution >= 4 is 5.91 Å². The van der Waals surface area contributed by atoms with Crippen LogP contribution in [0, 0.1) is 0 Å². The summed E-state index contributed by atoms with van der Waals surface area (Å²) in [6.07, 6.45) is 6.98. The van der Waals surface area contributed by atoms with E-state index in [4.69, 9.17) is 0 Å². The minimum atomic E-state index is -0.794. The van der Waals surface area contributed by atoms with Gasteiger partial charge in [-0.3, -0.25) is 14.7 Å². The average Bonchev–Trinajstić information content (AvgIpc) is 3.26. The highest BCUT2D eigenvalue weighted by molar-refractivity contribution is 5.78. The Morgan fingerprint density at radius 2 is 2.20 bits per heavy atom. The number of aromatic nitrogens is 1. The largest absolute Gasteiger partial charge is 0.385 e. The number of aliphatic hydroxyl groups is 1. The maximum atomic E-state index is 11.8. The first-order valence-electron chi connectivity index (χ1n) is 7.30. The van der Waals surface area contributed by atoms with E-state index in [1.54, 1.807) is 12.4 Å². The second-order valence-electron chi connectivity index (χ2n) is 5.89. The summed E-state index contributed by atoms with van der Waals surface area (Å²) in [6, 6.07) is 4.19. The Hall–Kier alpha value is -1.46. The summed E-state index contributed by atoms with van der Waals surface area (Å²) in [4.78, 5) is 18.0. The van der Waals surface area contributed by atoms with Crippen LogP contribution in [0.1, 0.15) is 31.2 Å². The standard InChI is InChI=1S/C15H21N3O2/c19-14(17-13-3-4-13)11-18-8-5-15(20,6-9-18)12-2-1-7-16-10-12/h1-2,7,10,13,20H,3-6,8-9,11H2,(H,17,19). The lowest BCUT2D eigenvalue weighted by Gasteiger charge is -2.38. The molecule has 1 aliphatic carbocycles. The summed E-state index contributed by atoms with van der Waals surface area (Å²) >= 11 is 0. The summed E-state index contributed by atoms with van der Waals surface area (Å²) in [5.41, 5.74) is 0.0830. The first-order valence-corrected chi connectivity index (χ1v) is 7.30. The van der Waals surface area contributed by atoms with Gasteiger partial charge in [-0.05, 0) is 31.7 Å². The molecule has 1 saturated carbocycles. The normalized spacial score (nSPS) is 22.4. The van der Waals surface area contributed by atoms with Gasteiger partial charge in [-0.25, -0.2) is 0 Å². The Morgan fingerprint density at radius 1 is 1.45 bits per heavy atom. The molecule has 0 unspecified atom stereocenters. The molecule has 2 heterocycles. The van der Waals surface area contributed by atoms with E-state index in [0.29, 0.717) is 25.4 Å². The fourth-order valence-corrected chi connectivity index (χ4v) is 2.71. The van der Waals surface area contributed by atoms with Gasteiger partial charge in [0.15, 0.2) is 0 Å². The van der Waals surface area contributed by atoms with Gasteiger partial charge in [-0.15, -0.1) is 0 Å². The van der Waals surface area contributed by atoms with Crippen molar-refractivity contribution in [3.8, 4) is 0 Å². The molecule has 108 valence electrons. The summed E-state index contributed by atoms with van der Waals surface area (Å²) in [7, 11) is 0. The summed E-state index contributed by atoms with van der Waals surface area (Å²) in [5.74, 6) is 0.110. The van der Waals surface area contributed by atoms with Crippen LogP contribution in [0.5, 0.6) is 0 Å². The third kappa shape index (κ3) is 3.16. The maximum Gasteiger partial charge on any atom is 0.234 e. The number of hydrogen-bond donors (Lipinski definition) is 2. The van der Waals surface area contributed by atoms with Crippen LogP contribution in [-0.4, -0.2) is 46.6 Å². The molecule has 2 N–H and O–H groups in total. The smallest absolute Gasteiger partial charge is 0.234 e. The number of likely N-dealkylation sites (tertiary alicyclic amines) is 1. The molecular weight excluding hydrogens is 254 g/mol. The topological polar surface area (TPSA) is 65.5 Å². The van der Waals surface area contributed by atoms with Gasteiger partial charge >= 0.3 is 0 Å². The number of carbonyl (C=O) groups is 1. The van der Waals surface area contributed by atoms with Crippen LogP contribution in [0.4, 0.5) is 0 Å². The SMILES string of the molecule is O=C(CN1CCC(O)(c2cccnc2)CC1)NC1CC1. The highest BCUT2D eigenvalue weighted by atomic mass is 16.3. The molecule has 0 aromatic carbocycles. The fraction of sp³-hybridized carbons (Fsp3) is 0.600. The number of amides is 1. The Kier molecular flexibility index (Phi) is 3.72. The highest BCUT2D eigenvalue weighted by Gasteiger charge is 2.34. The molecule has 0 bridgehead atoms. The second kappa shape index (κ2) is 5.50. The summed E-state index contributed by atoms with van der Waals surface area (Å²) < 4.78 is 0. The van der Waals surface area contributed by atoms with E-state index >= 15 is 0 Å². The van der Waals surface area contributed by atoms with Gasteiger partial charge < -0.3 is 10.4 Å². The van der Waals surface area contributed by atoms with Crippen molar-refractivity contribution in [1.29, 1.82) is 0 Å². The van der Waals surface area contributed by atoms with Crippen molar-refractivity contribution in [1.82, 2.24) is 15.2 Å². The Labute approximate surface area is 119 Å². The van der Waals surface area contributed by atoms with Crippen LogP contribution < -0.4 is 5.32 Å². The Balaban J connectivity index is 1.52. The molecule has 1 amide bonds. The number of nitrogens with one attached hydrogen (secondary N) is 1. The highest BCUT2D eigenvalue weighted by Crippen LogP contribution is 2.32. The molecule has 1 aliphatic heterocycles. The first kappa shape index (κ1) is 13.5. The molecule has 3 rings (SSSR count). The number of hydrogen-bond acceptors (Lipinski definition) is 4. The maximum absolute atomic E-state index is 11.8. The Morgan fingerprint density at radius 3 is 2.80 bits per heavy atom. The van der Waals surface area contributed by atoms with E-state index in [-0.39, 0.29) is 5.91 Å². The van der Waals surface area contributed by atoms with E-state index < -0.39 is 5.60 Å². The van der Waals surface area contributed by atoms with Crippen LogP contribution >= 0.6 is 0 Å². The van der Waals surface area contributed by atoms with Crippen LogP contribution in [0.2, 0.25) is 0 Å². The van der Waals surface area contributed by atoms with Crippen molar-refractivity contribution in [2.45, 2.75) is 37.3 Å². The van der Waals surface area contributed by atoms with Gasteiger partial charge in [0.05, 0.1) is 12.1 Å². The molecule has 5 heteroatoms. The van der Waals surface area contributed by atoms with Crippen molar-refractivity contribution in [2.24, 2.45) is 0 Å². The third-order valence-corrected chi connectivity index (χ3v) is 4.19. The molecule has 1 aromatic heterocycles. The predicted octanol–water partition coefficient (Wildman–Crippen LogP) is 0.644. The van der Waals surface area contributed by atoms with Crippen LogP contribution in [0.3, 0.4) is 0 Å². The van der Waals surface area contributed by atoms with Gasteiger partial charge in [0.2, 0.25) is 5.91 Å². The van der Waals surface area contributed by atoms with E-state index in [9.17, 15) is 9.90 Å². The van der Waals surface area contributed by atoms with E-state index in [0.717, 1.165) is 31.5 Å². The number of carbonyl (C=O) groups excluding carboxylic acids is 1. The zero-order valence-electron chi connectivity index (χ0n) is 11.6. The van der Waals surface area contributed by atoms with Crippen LogP contribution in [0.15, 0.2) is 24.5 Å². The minimum absolute atomic E-state index is 0.110. The third-order valence-electron chi connectivity index (χ3n) is 4.19. The quantitative estimate of drug-likeness (QED) is 0.846. The number of nitrogens with zero attached hydrogens (tertiary/aromatic N) is 2. The zero-order valence-corrected chi connectivity index (χ0v) is 11.6. The molecule has 2 aliphatic rings. The van der Waals surface area contributed by atoms with Crippen LogP contribution in [-0.2, 0) is 10.4 Å². The second-order valence-corrected chi connectivity index (χ2v) is 5.89. The molecule has 2 fully saturated rings. The predicted molar refractivity (Wildman–Crippen MR) is 75.0 cm³/mol. The van der Waals surface area contributed by atoms with Crippen molar-refractivity contribution < 1.29 is 9.90 Å². The number of pyridine rings is 1. The molecular formula is C15H21N3O2. The van der Waals surface area contributed by atoms with E-state index in [1.165, 1.54) is 0 Å². The molecule has 0 spiro atoms. The lowest BCUT2D eigenvalue weighted by Crippen LogP contribution is -2.46. The van der Waals surface area contributed by atoms with Crippen molar-refractivity contribution in [3.05, 3.63) is 30.1 Å². The first-order chi connectivity index (χ1) is 9.66. The average molecular weight is 275 g/mol. The van der Waals surface area contributed by atoms with Gasteiger partial charge in [0.1, 0.15) is 0 Å². The zero-order chi connectivity index (χ0) is 14.0. The molecule has 1 saturated heterocycles. The molecule has 0 atom stereocenters. The van der Waals surface area contributed by atoms with Crippen molar-refractivity contribution in [2.75, 3.05) is 19.6 Å². The van der Waals surface area contributed by atoms with E-state index in [1.807, 2.05) is 12.1 Å². The Bertz CT molecular complexity index is 465. The lowest BCUT2D eigenvalue weighted by molar-refractivity contribution is -0.123. The summed E-state index contributed by atoms with van der Waals surface area (Å²) in [5, 5.41) is 13.7. The van der Waals surface area contributed by atoms with E-state index in [2.05, 4.69) is 15.2 Å². The van der Waals surface area contributed by atoms with Crippen LogP contribution in [0.25, 0.3) is 0 Å². The molecule has 20 heavy (non-hydrogen) atoms. The van der Waals surface area contributed by atoms with Crippen molar-refractivity contribution in [3.63, 3.8) is 0 Å². The minimum Gasteiger partial charge on any atom is -0.385 e. The molecule has 5 nitrogen and oxygen atoms in total.